The topological polar surface area (TPSA) is 12.9 Å². The van der Waals surface area contributed by atoms with Crippen molar-refractivity contribution in [2.24, 2.45) is 0 Å². The van der Waals surface area contributed by atoms with Crippen molar-refractivity contribution in [3.63, 3.8) is 0 Å². The van der Waals surface area contributed by atoms with Crippen LogP contribution >= 0.6 is 0 Å². The van der Waals surface area contributed by atoms with Gasteiger partial charge < -0.3 is 0 Å². The second-order valence-electron chi connectivity index (χ2n) is 2.18. The van der Waals surface area contributed by atoms with E-state index < -0.39 is 5.95 Å². The smallest absolute Gasteiger partial charge is 0.227 e. The molecular weight excluding hydrogens is 141 g/mol. The van der Waals surface area contributed by atoms with Crippen LogP contribution in [0.5, 0.6) is 0 Å². The Bertz CT molecular complexity index is 299. The van der Waals surface area contributed by atoms with E-state index in [1.54, 1.807) is 6.07 Å². The molecule has 0 aliphatic carbocycles. The maximum atomic E-state index is 12.7. The van der Waals surface area contributed by atoms with Crippen LogP contribution in [0.3, 0.4) is 0 Å². The quantitative estimate of drug-likeness (QED) is 0.438. The van der Waals surface area contributed by atoms with Crippen molar-refractivity contribution in [1.82, 2.24) is 4.98 Å². The fourth-order valence-corrected chi connectivity index (χ4v) is 0.786. The van der Waals surface area contributed by atoms with E-state index in [0.29, 0.717) is 0 Å². The maximum Gasteiger partial charge on any atom is 0.228 e. The summed E-state index contributed by atoms with van der Waals surface area (Å²) in [4.78, 5) is 3.51. The van der Waals surface area contributed by atoms with E-state index in [-0.39, 0.29) is 5.56 Å². The standard InChI is InChI=1S/C9H8FN/c1-3-7-5-8(4-2)9(10)11-6-7/h2,5-6H,3H2,1H3. The van der Waals surface area contributed by atoms with Gasteiger partial charge in [0.15, 0.2) is 0 Å². The second kappa shape index (κ2) is 3.16. The van der Waals surface area contributed by atoms with Crippen molar-refractivity contribution >= 4 is 0 Å². The van der Waals surface area contributed by atoms with Gasteiger partial charge in [-0.2, -0.15) is 4.39 Å². The summed E-state index contributed by atoms with van der Waals surface area (Å²) < 4.78 is 12.7. The lowest BCUT2D eigenvalue weighted by molar-refractivity contribution is 0.579. The monoisotopic (exact) mass is 149 g/mol. The number of hydrogen-bond acceptors (Lipinski definition) is 1. The van der Waals surface area contributed by atoms with Crippen molar-refractivity contribution in [3.8, 4) is 12.3 Å². The summed E-state index contributed by atoms with van der Waals surface area (Å²) in [6.45, 7) is 1.97. The van der Waals surface area contributed by atoms with Crippen LogP contribution in [-0.4, -0.2) is 4.98 Å². The van der Waals surface area contributed by atoms with E-state index in [9.17, 15) is 4.39 Å². The molecule has 2 heteroatoms. The summed E-state index contributed by atoms with van der Waals surface area (Å²) in [6, 6.07) is 1.64. The summed E-state index contributed by atoms with van der Waals surface area (Å²) in [5, 5.41) is 0. The van der Waals surface area contributed by atoms with Crippen LogP contribution in [0.2, 0.25) is 0 Å². The normalized spacial score (nSPS) is 9.18. The van der Waals surface area contributed by atoms with Gasteiger partial charge in [0, 0.05) is 6.20 Å². The number of pyridine rings is 1. The van der Waals surface area contributed by atoms with Gasteiger partial charge in [-0.3, -0.25) is 0 Å². The lowest BCUT2D eigenvalue weighted by Gasteiger charge is -1.96. The number of rotatable bonds is 1. The average Bonchev–Trinajstić information content (AvgIpc) is 2.05. The molecule has 0 bridgehead atoms. The molecule has 56 valence electrons. The van der Waals surface area contributed by atoms with E-state index >= 15 is 0 Å². The predicted molar refractivity (Wildman–Crippen MR) is 41.5 cm³/mol. The largest absolute Gasteiger partial charge is 0.228 e. The summed E-state index contributed by atoms with van der Waals surface area (Å²) in [5.74, 6) is 1.67. The second-order valence-corrected chi connectivity index (χ2v) is 2.18. The highest BCUT2D eigenvalue weighted by Crippen LogP contribution is 2.05. The fraction of sp³-hybridized carbons (Fsp3) is 0.222. The third kappa shape index (κ3) is 1.56. The first kappa shape index (κ1) is 7.74. The SMILES string of the molecule is C#Cc1cc(CC)cnc1F. The molecule has 0 aliphatic heterocycles. The molecule has 0 radical (unpaired) electrons. The molecule has 1 aromatic rings. The minimum Gasteiger partial charge on any atom is -0.227 e. The fourth-order valence-electron chi connectivity index (χ4n) is 0.786. The van der Waals surface area contributed by atoms with Crippen LogP contribution in [-0.2, 0) is 6.42 Å². The summed E-state index contributed by atoms with van der Waals surface area (Å²) in [7, 11) is 0. The van der Waals surface area contributed by atoms with Crippen molar-refractivity contribution in [2.75, 3.05) is 0 Å². The van der Waals surface area contributed by atoms with Crippen molar-refractivity contribution in [3.05, 3.63) is 29.3 Å². The van der Waals surface area contributed by atoms with Gasteiger partial charge in [0.25, 0.3) is 0 Å². The van der Waals surface area contributed by atoms with Crippen LogP contribution in [0.4, 0.5) is 4.39 Å². The highest BCUT2D eigenvalue weighted by atomic mass is 19.1. The van der Waals surface area contributed by atoms with E-state index in [4.69, 9.17) is 6.42 Å². The van der Waals surface area contributed by atoms with Crippen LogP contribution in [0.1, 0.15) is 18.1 Å². The van der Waals surface area contributed by atoms with Crippen molar-refractivity contribution < 1.29 is 4.39 Å². The molecule has 0 atom stereocenters. The highest BCUT2D eigenvalue weighted by molar-refractivity contribution is 5.33. The number of aryl methyl sites for hydroxylation is 1. The molecule has 0 saturated carbocycles. The van der Waals surface area contributed by atoms with Crippen LogP contribution in [0, 0.1) is 18.3 Å². The Morgan fingerprint density at radius 3 is 3.00 bits per heavy atom. The number of halogens is 1. The molecule has 0 amide bonds. The summed E-state index contributed by atoms with van der Waals surface area (Å²) in [5.41, 5.74) is 1.20. The van der Waals surface area contributed by atoms with Crippen LogP contribution in [0.15, 0.2) is 12.3 Å². The molecule has 0 aromatic carbocycles. The van der Waals surface area contributed by atoms with Crippen molar-refractivity contribution in [2.45, 2.75) is 13.3 Å². The van der Waals surface area contributed by atoms with E-state index in [2.05, 4.69) is 10.9 Å². The van der Waals surface area contributed by atoms with Crippen LogP contribution in [0.25, 0.3) is 0 Å². The zero-order chi connectivity index (χ0) is 8.27. The number of nitrogens with zero attached hydrogens (tertiary/aromatic N) is 1. The molecule has 1 heterocycles. The number of hydrogen-bond donors (Lipinski definition) is 0. The molecule has 1 rings (SSSR count). The molecular formula is C9H8FN. The number of aromatic nitrogens is 1. The maximum absolute atomic E-state index is 12.7. The first-order valence-electron chi connectivity index (χ1n) is 3.39. The third-order valence-corrected chi connectivity index (χ3v) is 1.46. The van der Waals surface area contributed by atoms with E-state index in [1.165, 1.54) is 6.20 Å². The molecule has 0 saturated heterocycles. The first-order chi connectivity index (χ1) is 5.27. The Morgan fingerprint density at radius 2 is 2.45 bits per heavy atom. The first-order valence-corrected chi connectivity index (χ1v) is 3.39. The zero-order valence-corrected chi connectivity index (χ0v) is 6.26. The number of terminal acetylenes is 1. The van der Waals surface area contributed by atoms with Gasteiger partial charge in [0.1, 0.15) is 0 Å². The summed E-state index contributed by atoms with van der Waals surface area (Å²) >= 11 is 0. The summed E-state index contributed by atoms with van der Waals surface area (Å²) in [6.07, 6.45) is 7.36. The molecule has 11 heavy (non-hydrogen) atoms. The van der Waals surface area contributed by atoms with Crippen LogP contribution < -0.4 is 0 Å². The zero-order valence-electron chi connectivity index (χ0n) is 6.26. The molecule has 0 fully saturated rings. The van der Waals surface area contributed by atoms with Gasteiger partial charge >= 0.3 is 0 Å². The Hall–Kier alpha value is -1.36. The molecule has 1 nitrogen and oxygen atoms in total. The van der Waals surface area contributed by atoms with E-state index in [0.717, 1.165) is 12.0 Å². The molecule has 0 unspecified atom stereocenters. The van der Waals surface area contributed by atoms with Gasteiger partial charge in [0.05, 0.1) is 5.56 Å². The molecule has 1 aromatic heterocycles. The molecule has 0 aliphatic rings. The highest BCUT2D eigenvalue weighted by Gasteiger charge is 1.99. The Balaban J connectivity index is 3.15. The minimum atomic E-state index is -0.565. The lowest BCUT2D eigenvalue weighted by Crippen LogP contribution is -1.91. The van der Waals surface area contributed by atoms with Crippen molar-refractivity contribution in [1.29, 1.82) is 0 Å². The Labute approximate surface area is 65.3 Å². The molecule has 0 spiro atoms. The van der Waals surface area contributed by atoms with Gasteiger partial charge in [-0.25, -0.2) is 4.98 Å². The van der Waals surface area contributed by atoms with Gasteiger partial charge in [-0.15, -0.1) is 6.42 Å². The molecule has 0 N–H and O–H groups in total. The third-order valence-electron chi connectivity index (χ3n) is 1.46. The Morgan fingerprint density at radius 1 is 1.73 bits per heavy atom. The minimum absolute atomic E-state index is 0.240. The van der Waals surface area contributed by atoms with Gasteiger partial charge in [-0.1, -0.05) is 12.8 Å². The average molecular weight is 149 g/mol. The van der Waals surface area contributed by atoms with Gasteiger partial charge in [-0.05, 0) is 18.1 Å². The predicted octanol–water partition coefficient (Wildman–Crippen LogP) is 1.76. The Kier molecular flexibility index (Phi) is 2.22. The lowest BCUT2D eigenvalue weighted by atomic mass is 10.2. The van der Waals surface area contributed by atoms with Gasteiger partial charge in [0.2, 0.25) is 5.95 Å². The van der Waals surface area contributed by atoms with E-state index in [1.807, 2.05) is 6.92 Å².